The smallest absolute Gasteiger partial charge is 0.196 e. The molecule has 140 valence electrons. The second-order valence-electron chi connectivity index (χ2n) is 8.11. The van der Waals surface area contributed by atoms with Gasteiger partial charge in [-0.05, 0) is 35.2 Å². The molecule has 0 aromatic heterocycles. The first-order valence-corrected chi connectivity index (χ1v) is 9.26. The first kappa shape index (κ1) is 18.0. The average Bonchev–Trinajstić information content (AvgIpc) is 2.67. The molecule has 1 aliphatic rings. The highest BCUT2D eigenvalue weighted by Crippen LogP contribution is 2.36. The Labute approximate surface area is 164 Å². The number of benzene rings is 3. The number of nitrogens with one attached hydrogen (secondary N) is 1. The lowest BCUT2D eigenvalue weighted by molar-refractivity contribution is 0.0980. The van der Waals surface area contributed by atoms with Crippen LogP contribution in [0.2, 0.25) is 0 Å². The number of hydrogen-bond acceptors (Lipinski definition) is 4. The maximum absolute atomic E-state index is 13.2. The number of nitrogen functional groups attached to an aromatic ring is 1. The van der Waals surface area contributed by atoms with E-state index >= 15 is 0 Å². The molecule has 0 atom stereocenters. The fraction of sp³-hybridized carbons (Fsp3) is 0.167. The van der Waals surface area contributed by atoms with Crippen molar-refractivity contribution >= 4 is 28.6 Å². The molecule has 4 heteroatoms. The zero-order valence-electron chi connectivity index (χ0n) is 16.2. The van der Waals surface area contributed by atoms with Crippen LogP contribution >= 0.6 is 0 Å². The largest absolute Gasteiger partial charge is 0.398 e. The van der Waals surface area contributed by atoms with E-state index in [9.17, 15) is 9.59 Å². The standard InChI is InChI=1S/C24H22N2O2/c1-24(2,3)14-8-10-15(11-9-14)26-19-13-12-18(25)20-21(19)23(28)17-7-5-4-6-16(17)22(20)27/h4-13,26H,25H2,1-3H3. The van der Waals surface area contributed by atoms with Crippen LogP contribution < -0.4 is 11.1 Å². The van der Waals surface area contributed by atoms with E-state index in [2.05, 4.69) is 38.2 Å². The number of ketones is 2. The zero-order chi connectivity index (χ0) is 20.1. The molecule has 0 saturated carbocycles. The summed E-state index contributed by atoms with van der Waals surface area (Å²) in [6.45, 7) is 6.48. The summed E-state index contributed by atoms with van der Waals surface area (Å²) >= 11 is 0. The minimum atomic E-state index is -0.213. The molecule has 0 aliphatic heterocycles. The predicted molar refractivity (Wildman–Crippen MR) is 113 cm³/mol. The van der Waals surface area contributed by atoms with Gasteiger partial charge in [0.05, 0.1) is 16.8 Å². The van der Waals surface area contributed by atoms with Crippen molar-refractivity contribution in [3.8, 4) is 0 Å². The summed E-state index contributed by atoms with van der Waals surface area (Å²) in [6.07, 6.45) is 0. The fourth-order valence-electron chi connectivity index (χ4n) is 3.56. The molecular formula is C24H22N2O2. The highest BCUT2D eigenvalue weighted by atomic mass is 16.1. The lowest BCUT2D eigenvalue weighted by Crippen LogP contribution is -2.23. The molecule has 0 unspecified atom stereocenters. The second kappa shape index (κ2) is 6.34. The van der Waals surface area contributed by atoms with Gasteiger partial charge in [0.15, 0.2) is 11.6 Å². The van der Waals surface area contributed by atoms with Crippen LogP contribution in [-0.4, -0.2) is 11.6 Å². The Bertz CT molecular complexity index is 1110. The van der Waals surface area contributed by atoms with Gasteiger partial charge < -0.3 is 11.1 Å². The Morgan fingerprint density at radius 3 is 1.89 bits per heavy atom. The van der Waals surface area contributed by atoms with Gasteiger partial charge in [0.2, 0.25) is 0 Å². The second-order valence-corrected chi connectivity index (χ2v) is 8.11. The monoisotopic (exact) mass is 370 g/mol. The SMILES string of the molecule is CC(C)(C)c1ccc(Nc2ccc(N)c3c2C(=O)c2ccccc2C3=O)cc1. The molecule has 3 aromatic rings. The highest BCUT2D eigenvalue weighted by molar-refractivity contribution is 6.31. The normalized spacial score (nSPS) is 13.1. The van der Waals surface area contributed by atoms with E-state index in [0.29, 0.717) is 28.1 Å². The van der Waals surface area contributed by atoms with Crippen molar-refractivity contribution in [3.63, 3.8) is 0 Å². The van der Waals surface area contributed by atoms with Gasteiger partial charge >= 0.3 is 0 Å². The molecule has 4 nitrogen and oxygen atoms in total. The third-order valence-electron chi connectivity index (χ3n) is 5.14. The van der Waals surface area contributed by atoms with Crippen LogP contribution in [0.3, 0.4) is 0 Å². The molecular weight excluding hydrogens is 348 g/mol. The van der Waals surface area contributed by atoms with Crippen LogP contribution in [0.25, 0.3) is 0 Å². The van der Waals surface area contributed by atoms with Crippen LogP contribution in [0.15, 0.2) is 60.7 Å². The van der Waals surface area contributed by atoms with Crippen LogP contribution in [0.4, 0.5) is 17.1 Å². The summed E-state index contributed by atoms with van der Waals surface area (Å²) in [5, 5.41) is 3.29. The van der Waals surface area contributed by atoms with Crippen molar-refractivity contribution < 1.29 is 9.59 Å². The van der Waals surface area contributed by atoms with Gasteiger partial charge in [0.1, 0.15) is 0 Å². The summed E-state index contributed by atoms with van der Waals surface area (Å²) < 4.78 is 0. The van der Waals surface area contributed by atoms with Crippen LogP contribution in [0, 0.1) is 0 Å². The fourth-order valence-corrected chi connectivity index (χ4v) is 3.56. The quantitative estimate of drug-likeness (QED) is 0.482. The predicted octanol–water partition coefficient (Wildman–Crippen LogP) is 5.09. The Kier molecular flexibility index (Phi) is 4.07. The molecule has 3 N–H and O–H groups in total. The Morgan fingerprint density at radius 2 is 1.32 bits per heavy atom. The molecule has 1 aliphatic carbocycles. The number of hydrogen-bond donors (Lipinski definition) is 2. The Hall–Kier alpha value is -3.40. The maximum Gasteiger partial charge on any atom is 0.196 e. The third-order valence-corrected chi connectivity index (χ3v) is 5.14. The summed E-state index contributed by atoms with van der Waals surface area (Å²) in [7, 11) is 0. The van der Waals surface area contributed by atoms with E-state index in [0.717, 1.165) is 5.69 Å². The molecule has 0 amide bonds. The first-order chi connectivity index (χ1) is 13.3. The molecule has 0 heterocycles. The minimum Gasteiger partial charge on any atom is -0.398 e. The van der Waals surface area contributed by atoms with E-state index in [1.165, 1.54) is 5.56 Å². The topological polar surface area (TPSA) is 72.2 Å². The van der Waals surface area contributed by atoms with Gasteiger partial charge in [0, 0.05) is 22.5 Å². The molecule has 0 spiro atoms. The minimum absolute atomic E-state index is 0.0605. The molecule has 0 saturated heterocycles. The van der Waals surface area contributed by atoms with Gasteiger partial charge in [-0.2, -0.15) is 0 Å². The van der Waals surface area contributed by atoms with E-state index in [4.69, 9.17) is 5.73 Å². The van der Waals surface area contributed by atoms with Crippen LogP contribution in [-0.2, 0) is 5.41 Å². The van der Waals surface area contributed by atoms with Crippen molar-refractivity contribution in [1.82, 2.24) is 0 Å². The number of carbonyl (C=O) groups excluding carboxylic acids is 2. The van der Waals surface area contributed by atoms with Gasteiger partial charge in [-0.15, -0.1) is 0 Å². The van der Waals surface area contributed by atoms with Gasteiger partial charge in [-0.3, -0.25) is 9.59 Å². The molecule has 3 aromatic carbocycles. The number of carbonyl (C=O) groups is 2. The average molecular weight is 370 g/mol. The van der Waals surface area contributed by atoms with Gasteiger partial charge in [0.25, 0.3) is 0 Å². The maximum atomic E-state index is 13.2. The molecule has 0 bridgehead atoms. The third kappa shape index (κ3) is 2.87. The van der Waals surface area contributed by atoms with Crippen LogP contribution in [0.5, 0.6) is 0 Å². The van der Waals surface area contributed by atoms with Crippen molar-refractivity contribution in [2.24, 2.45) is 0 Å². The summed E-state index contributed by atoms with van der Waals surface area (Å²) in [5.41, 5.74) is 10.5. The Balaban J connectivity index is 1.79. The highest BCUT2D eigenvalue weighted by Gasteiger charge is 2.33. The van der Waals surface area contributed by atoms with E-state index in [1.54, 1.807) is 36.4 Å². The van der Waals surface area contributed by atoms with E-state index in [-0.39, 0.29) is 22.5 Å². The van der Waals surface area contributed by atoms with Crippen LogP contribution in [0.1, 0.15) is 58.2 Å². The summed E-state index contributed by atoms with van der Waals surface area (Å²) in [4.78, 5) is 26.1. The molecule has 0 fully saturated rings. The molecule has 4 rings (SSSR count). The zero-order valence-corrected chi connectivity index (χ0v) is 16.2. The number of fused-ring (bicyclic) bond motifs is 2. The van der Waals surface area contributed by atoms with E-state index < -0.39 is 0 Å². The lowest BCUT2D eigenvalue weighted by atomic mass is 9.82. The van der Waals surface area contributed by atoms with Crippen molar-refractivity contribution in [2.75, 3.05) is 11.1 Å². The van der Waals surface area contributed by atoms with Crippen molar-refractivity contribution in [3.05, 3.63) is 88.5 Å². The lowest BCUT2D eigenvalue weighted by Gasteiger charge is -2.23. The summed E-state index contributed by atoms with van der Waals surface area (Å²) in [5.74, 6) is -0.402. The Morgan fingerprint density at radius 1 is 0.750 bits per heavy atom. The van der Waals surface area contributed by atoms with Crippen molar-refractivity contribution in [2.45, 2.75) is 26.2 Å². The molecule has 28 heavy (non-hydrogen) atoms. The molecule has 0 radical (unpaired) electrons. The van der Waals surface area contributed by atoms with Gasteiger partial charge in [-0.1, -0.05) is 57.2 Å². The van der Waals surface area contributed by atoms with Crippen molar-refractivity contribution in [1.29, 1.82) is 0 Å². The number of rotatable bonds is 2. The summed E-state index contributed by atoms with van der Waals surface area (Å²) in [6, 6.07) is 18.4. The van der Waals surface area contributed by atoms with E-state index in [1.807, 2.05) is 12.1 Å². The first-order valence-electron chi connectivity index (χ1n) is 9.26. The number of nitrogens with two attached hydrogens (primary N) is 1. The van der Waals surface area contributed by atoms with Gasteiger partial charge in [-0.25, -0.2) is 0 Å². The number of anilines is 3.